The molecule has 0 aliphatic heterocycles. The van der Waals surface area contributed by atoms with Crippen molar-refractivity contribution in [1.82, 2.24) is 24.8 Å². The van der Waals surface area contributed by atoms with Crippen molar-refractivity contribution >= 4 is 16.3 Å². The van der Waals surface area contributed by atoms with Crippen molar-refractivity contribution in [2.75, 3.05) is 0 Å². The van der Waals surface area contributed by atoms with Crippen molar-refractivity contribution in [3.63, 3.8) is 0 Å². The minimum absolute atomic E-state index is 0.147. The second kappa shape index (κ2) is 5.49. The van der Waals surface area contributed by atoms with Crippen LogP contribution in [-0.4, -0.2) is 24.8 Å². The number of pyridine rings is 1. The van der Waals surface area contributed by atoms with Gasteiger partial charge in [-0.15, -0.1) is 10.2 Å². The van der Waals surface area contributed by atoms with Crippen molar-refractivity contribution in [2.24, 2.45) is 0 Å². The summed E-state index contributed by atoms with van der Waals surface area (Å²) in [4.78, 5) is 4.83. The summed E-state index contributed by atoms with van der Waals surface area (Å²) in [6, 6.07) is 12.4. The van der Waals surface area contributed by atoms with Crippen LogP contribution in [-0.2, 0) is 5.41 Å². The molecule has 0 saturated carbocycles. The third-order valence-electron chi connectivity index (χ3n) is 3.93. The highest BCUT2D eigenvalue weighted by Gasteiger charge is 2.16. The number of rotatable bonds is 2. The van der Waals surface area contributed by atoms with E-state index < -0.39 is 0 Å². The van der Waals surface area contributed by atoms with Gasteiger partial charge in [0.15, 0.2) is 5.82 Å². The van der Waals surface area contributed by atoms with E-state index in [0.29, 0.717) is 0 Å². The SMILES string of the molecule is CC(C)(C)c1ccc(-c2nn3c(-c4ccncc4)nnc3s2)cc1. The number of aromatic nitrogens is 5. The van der Waals surface area contributed by atoms with Gasteiger partial charge in [-0.05, 0) is 23.1 Å². The number of nitrogens with zero attached hydrogens (tertiary/aromatic N) is 5. The first-order valence-corrected chi connectivity index (χ1v) is 8.57. The summed E-state index contributed by atoms with van der Waals surface area (Å²) < 4.78 is 1.80. The van der Waals surface area contributed by atoms with Crippen molar-refractivity contribution < 1.29 is 0 Å². The first-order valence-electron chi connectivity index (χ1n) is 7.76. The summed E-state index contributed by atoms with van der Waals surface area (Å²) in [7, 11) is 0. The van der Waals surface area contributed by atoms with Gasteiger partial charge in [-0.25, -0.2) is 0 Å². The van der Waals surface area contributed by atoms with Gasteiger partial charge in [0.2, 0.25) is 4.96 Å². The minimum Gasteiger partial charge on any atom is -0.265 e. The molecule has 0 N–H and O–H groups in total. The fourth-order valence-corrected chi connectivity index (χ4v) is 3.37. The van der Waals surface area contributed by atoms with Crippen LogP contribution in [0.15, 0.2) is 48.8 Å². The molecule has 0 aliphatic rings. The highest BCUT2D eigenvalue weighted by atomic mass is 32.1. The zero-order chi connectivity index (χ0) is 16.7. The Balaban J connectivity index is 1.75. The van der Waals surface area contributed by atoms with Crippen LogP contribution >= 0.6 is 11.3 Å². The van der Waals surface area contributed by atoms with E-state index in [4.69, 9.17) is 5.10 Å². The summed E-state index contributed by atoms with van der Waals surface area (Å²) in [6.45, 7) is 6.64. The molecule has 0 aliphatic carbocycles. The molecule has 0 unspecified atom stereocenters. The largest absolute Gasteiger partial charge is 0.265 e. The van der Waals surface area contributed by atoms with Crippen LogP contribution in [0.3, 0.4) is 0 Å². The van der Waals surface area contributed by atoms with Gasteiger partial charge >= 0.3 is 0 Å². The summed E-state index contributed by atoms with van der Waals surface area (Å²) >= 11 is 1.54. The molecule has 0 atom stereocenters. The van der Waals surface area contributed by atoms with Gasteiger partial charge < -0.3 is 0 Å². The third-order valence-corrected chi connectivity index (χ3v) is 4.88. The molecule has 5 nitrogen and oxygen atoms in total. The van der Waals surface area contributed by atoms with Crippen LogP contribution in [0.25, 0.3) is 26.9 Å². The van der Waals surface area contributed by atoms with Crippen LogP contribution in [0.2, 0.25) is 0 Å². The first-order chi connectivity index (χ1) is 11.5. The van der Waals surface area contributed by atoms with Crippen LogP contribution in [0, 0.1) is 0 Å². The van der Waals surface area contributed by atoms with E-state index in [2.05, 4.69) is 60.2 Å². The quantitative estimate of drug-likeness (QED) is 0.550. The average Bonchev–Trinajstić information content (AvgIpc) is 3.15. The van der Waals surface area contributed by atoms with Gasteiger partial charge in [0.1, 0.15) is 5.01 Å². The smallest absolute Gasteiger partial charge is 0.235 e. The van der Waals surface area contributed by atoms with Crippen molar-refractivity contribution in [3.05, 3.63) is 54.4 Å². The lowest BCUT2D eigenvalue weighted by Crippen LogP contribution is -2.10. The lowest BCUT2D eigenvalue weighted by molar-refractivity contribution is 0.590. The summed E-state index contributed by atoms with van der Waals surface area (Å²) in [5.74, 6) is 0.737. The summed E-state index contributed by atoms with van der Waals surface area (Å²) in [5.41, 5.74) is 3.51. The molecule has 0 spiro atoms. The fraction of sp³-hybridized carbons (Fsp3) is 0.222. The van der Waals surface area contributed by atoms with Crippen molar-refractivity contribution in [1.29, 1.82) is 0 Å². The Morgan fingerprint density at radius 3 is 2.25 bits per heavy atom. The Morgan fingerprint density at radius 1 is 0.875 bits per heavy atom. The molecule has 3 heterocycles. The van der Waals surface area contributed by atoms with E-state index in [0.717, 1.165) is 26.9 Å². The van der Waals surface area contributed by atoms with Crippen LogP contribution in [0.5, 0.6) is 0 Å². The highest BCUT2D eigenvalue weighted by molar-refractivity contribution is 7.19. The van der Waals surface area contributed by atoms with Crippen LogP contribution in [0.4, 0.5) is 0 Å². The number of benzene rings is 1. The molecule has 1 aromatic carbocycles. The molecule has 0 bridgehead atoms. The third kappa shape index (κ3) is 2.59. The zero-order valence-electron chi connectivity index (χ0n) is 13.8. The maximum absolute atomic E-state index is 4.70. The predicted molar refractivity (Wildman–Crippen MR) is 96.0 cm³/mol. The van der Waals surface area contributed by atoms with Gasteiger partial charge in [-0.2, -0.15) is 9.61 Å². The van der Waals surface area contributed by atoms with Gasteiger partial charge in [0, 0.05) is 23.5 Å². The molecule has 0 saturated heterocycles. The standard InChI is InChI=1S/C18H17N5S/c1-18(2,3)14-6-4-13(5-7-14)16-22-23-15(20-21-17(23)24-16)12-8-10-19-11-9-12/h4-11H,1-3H3. The topological polar surface area (TPSA) is 56.0 Å². The predicted octanol–water partition coefficient (Wildman–Crippen LogP) is 4.21. The molecule has 4 aromatic rings. The number of hydrogen-bond donors (Lipinski definition) is 0. The van der Waals surface area contributed by atoms with Gasteiger partial charge in [0.25, 0.3) is 0 Å². The Labute approximate surface area is 144 Å². The molecule has 6 heteroatoms. The van der Waals surface area contributed by atoms with Crippen molar-refractivity contribution in [2.45, 2.75) is 26.2 Å². The van der Waals surface area contributed by atoms with E-state index in [-0.39, 0.29) is 5.41 Å². The molecule has 24 heavy (non-hydrogen) atoms. The second-order valence-corrected chi connectivity index (χ2v) is 7.64. The van der Waals surface area contributed by atoms with Crippen LogP contribution < -0.4 is 0 Å². The van der Waals surface area contributed by atoms with E-state index in [1.807, 2.05) is 12.1 Å². The Bertz CT molecular complexity index is 978. The Hall–Kier alpha value is -2.60. The molecular formula is C18H17N5S. The lowest BCUT2D eigenvalue weighted by atomic mass is 9.87. The lowest BCUT2D eigenvalue weighted by Gasteiger charge is -2.18. The summed E-state index contributed by atoms with van der Waals surface area (Å²) in [5, 5.41) is 14.1. The normalized spacial score (nSPS) is 12.0. The Morgan fingerprint density at radius 2 is 1.58 bits per heavy atom. The van der Waals surface area contributed by atoms with E-state index >= 15 is 0 Å². The van der Waals surface area contributed by atoms with Gasteiger partial charge in [-0.3, -0.25) is 4.98 Å². The maximum atomic E-state index is 4.70. The molecule has 4 rings (SSSR count). The Kier molecular flexibility index (Phi) is 3.42. The molecule has 3 aromatic heterocycles. The fourth-order valence-electron chi connectivity index (χ4n) is 2.53. The van der Waals surface area contributed by atoms with E-state index in [1.165, 1.54) is 5.56 Å². The van der Waals surface area contributed by atoms with Crippen LogP contribution in [0.1, 0.15) is 26.3 Å². The van der Waals surface area contributed by atoms with Gasteiger partial charge in [0.05, 0.1) is 0 Å². The molecule has 120 valence electrons. The molecular weight excluding hydrogens is 318 g/mol. The maximum Gasteiger partial charge on any atom is 0.235 e. The first kappa shape index (κ1) is 15.0. The zero-order valence-corrected chi connectivity index (χ0v) is 14.6. The minimum atomic E-state index is 0.147. The molecule has 0 amide bonds. The number of hydrogen-bond acceptors (Lipinski definition) is 5. The second-order valence-electron chi connectivity index (χ2n) is 6.69. The van der Waals surface area contributed by atoms with Crippen molar-refractivity contribution in [3.8, 4) is 22.0 Å². The van der Waals surface area contributed by atoms with Gasteiger partial charge in [-0.1, -0.05) is 56.4 Å². The monoisotopic (exact) mass is 335 g/mol. The number of fused-ring (bicyclic) bond motifs is 1. The highest BCUT2D eigenvalue weighted by Crippen LogP contribution is 2.30. The summed E-state index contributed by atoms with van der Waals surface area (Å²) in [6.07, 6.45) is 3.49. The molecule has 0 fully saturated rings. The molecule has 0 radical (unpaired) electrons. The van der Waals surface area contributed by atoms with E-state index in [9.17, 15) is 0 Å². The average molecular weight is 335 g/mol. The van der Waals surface area contributed by atoms with E-state index in [1.54, 1.807) is 28.2 Å².